The van der Waals surface area contributed by atoms with Gasteiger partial charge in [0.2, 0.25) is 0 Å². The lowest BCUT2D eigenvalue weighted by Crippen LogP contribution is -2.42. The van der Waals surface area contributed by atoms with Crippen molar-refractivity contribution in [1.29, 1.82) is 0 Å². The summed E-state index contributed by atoms with van der Waals surface area (Å²) in [4.78, 5) is 0. The van der Waals surface area contributed by atoms with Gasteiger partial charge in [0.05, 0.1) is 0 Å². The van der Waals surface area contributed by atoms with Crippen LogP contribution in [0.2, 0.25) is 0 Å². The standard InChI is InChI=1S/C11H15FN2/c1-8-2-3-9(6-10(8)12)11-7-13-4-5-14-11/h2-3,6,11,13-14H,4-5,7H2,1H3/t11-/m1/s1. The van der Waals surface area contributed by atoms with Gasteiger partial charge in [0.1, 0.15) is 5.82 Å². The van der Waals surface area contributed by atoms with Crippen LogP contribution in [0.5, 0.6) is 0 Å². The molecule has 1 aromatic carbocycles. The SMILES string of the molecule is Cc1ccc([C@H]2CNCCN2)cc1F. The van der Waals surface area contributed by atoms with Gasteiger partial charge >= 0.3 is 0 Å². The zero-order valence-corrected chi connectivity index (χ0v) is 8.31. The summed E-state index contributed by atoms with van der Waals surface area (Å²) in [6, 6.07) is 5.70. The molecule has 0 aromatic heterocycles. The van der Waals surface area contributed by atoms with E-state index in [1.807, 2.05) is 12.1 Å². The predicted molar refractivity (Wildman–Crippen MR) is 54.8 cm³/mol. The Bertz CT molecular complexity index is 319. The van der Waals surface area contributed by atoms with Gasteiger partial charge in [0.25, 0.3) is 0 Å². The molecule has 0 radical (unpaired) electrons. The van der Waals surface area contributed by atoms with Crippen molar-refractivity contribution >= 4 is 0 Å². The maximum absolute atomic E-state index is 13.3. The Labute approximate surface area is 83.5 Å². The van der Waals surface area contributed by atoms with Crippen molar-refractivity contribution in [3.63, 3.8) is 0 Å². The summed E-state index contributed by atoms with van der Waals surface area (Å²) in [7, 11) is 0. The van der Waals surface area contributed by atoms with E-state index in [1.54, 1.807) is 13.0 Å². The first-order valence-corrected chi connectivity index (χ1v) is 4.97. The third-order valence-electron chi connectivity index (χ3n) is 2.64. The van der Waals surface area contributed by atoms with Crippen molar-refractivity contribution in [2.45, 2.75) is 13.0 Å². The molecule has 0 unspecified atom stereocenters. The molecule has 1 atom stereocenters. The maximum Gasteiger partial charge on any atom is 0.126 e. The molecule has 0 bridgehead atoms. The normalized spacial score (nSPS) is 22.3. The molecular weight excluding hydrogens is 179 g/mol. The van der Waals surface area contributed by atoms with Crippen LogP contribution in [0.4, 0.5) is 4.39 Å². The van der Waals surface area contributed by atoms with Crippen LogP contribution in [-0.2, 0) is 0 Å². The number of hydrogen-bond donors (Lipinski definition) is 2. The van der Waals surface area contributed by atoms with Gasteiger partial charge in [-0.2, -0.15) is 0 Å². The largest absolute Gasteiger partial charge is 0.314 e. The van der Waals surface area contributed by atoms with E-state index in [9.17, 15) is 4.39 Å². The molecule has 1 saturated heterocycles. The highest BCUT2D eigenvalue weighted by molar-refractivity contribution is 5.26. The van der Waals surface area contributed by atoms with Gasteiger partial charge in [-0.3, -0.25) is 0 Å². The summed E-state index contributed by atoms with van der Waals surface area (Å²) in [5, 5.41) is 6.64. The molecule has 0 amide bonds. The average Bonchev–Trinajstić information content (AvgIpc) is 2.23. The van der Waals surface area contributed by atoms with Crippen LogP contribution in [-0.4, -0.2) is 19.6 Å². The Morgan fingerprint density at radius 2 is 2.21 bits per heavy atom. The van der Waals surface area contributed by atoms with Crippen molar-refractivity contribution in [3.05, 3.63) is 35.1 Å². The minimum absolute atomic E-state index is 0.116. The van der Waals surface area contributed by atoms with Gasteiger partial charge in [0.15, 0.2) is 0 Å². The number of aryl methyl sites for hydroxylation is 1. The molecule has 0 saturated carbocycles. The molecule has 14 heavy (non-hydrogen) atoms. The highest BCUT2D eigenvalue weighted by Crippen LogP contribution is 2.16. The third-order valence-corrected chi connectivity index (χ3v) is 2.64. The lowest BCUT2D eigenvalue weighted by atomic mass is 10.0. The van der Waals surface area contributed by atoms with Crippen LogP contribution in [0.25, 0.3) is 0 Å². The van der Waals surface area contributed by atoms with E-state index in [0.29, 0.717) is 5.56 Å². The number of piperazine rings is 1. The summed E-state index contributed by atoms with van der Waals surface area (Å²) in [6.45, 7) is 4.60. The molecule has 0 spiro atoms. The number of hydrogen-bond acceptors (Lipinski definition) is 2. The summed E-state index contributed by atoms with van der Waals surface area (Å²) >= 11 is 0. The summed E-state index contributed by atoms with van der Waals surface area (Å²) in [6.07, 6.45) is 0. The molecule has 1 aliphatic heterocycles. The molecule has 2 nitrogen and oxygen atoms in total. The van der Waals surface area contributed by atoms with Gasteiger partial charge in [-0.1, -0.05) is 12.1 Å². The fourth-order valence-electron chi connectivity index (χ4n) is 1.71. The molecule has 3 heteroatoms. The highest BCUT2D eigenvalue weighted by Gasteiger charge is 2.14. The molecule has 2 N–H and O–H groups in total. The zero-order chi connectivity index (χ0) is 9.97. The van der Waals surface area contributed by atoms with Crippen LogP contribution in [0, 0.1) is 12.7 Å². The first kappa shape index (κ1) is 9.62. The lowest BCUT2D eigenvalue weighted by Gasteiger charge is -2.25. The zero-order valence-electron chi connectivity index (χ0n) is 8.31. The van der Waals surface area contributed by atoms with Crippen molar-refractivity contribution in [1.82, 2.24) is 10.6 Å². The van der Waals surface area contributed by atoms with Gasteiger partial charge < -0.3 is 10.6 Å². The molecule has 2 rings (SSSR count). The molecular formula is C11H15FN2. The first-order valence-electron chi connectivity index (χ1n) is 4.97. The summed E-state index contributed by atoms with van der Waals surface area (Å²) in [5.74, 6) is -0.116. The Kier molecular flexibility index (Phi) is 2.79. The fraction of sp³-hybridized carbons (Fsp3) is 0.455. The minimum Gasteiger partial charge on any atom is -0.314 e. The van der Waals surface area contributed by atoms with E-state index in [-0.39, 0.29) is 11.9 Å². The molecule has 1 aromatic rings. The van der Waals surface area contributed by atoms with Crippen LogP contribution in [0.3, 0.4) is 0 Å². The lowest BCUT2D eigenvalue weighted by molar-refractivity contribution is 0.428. The van der Waals surface area contributed by atoms with Gasteiger partial charge in [-0.15, -0.1) is 0 Å². The van der Waals surface area contributed by atoms with Crippen molar-refractivity contribution < 1.29 is 4.39 Å². The van der Waals surface area contributed by atoms with Crippen LogP contribution in [0.15, 0.2) is 18.2 Å². The van der Waals surface area contributed by atoms with E-state index in [2.05, 4.69) is 10.6 Å². The third kappa shape index (κ3) is 1.94. The van der Waals surface area contributed by atoms with E-state index < -0.39 is 0 Å². The first-order chi connectivity index (χ1) is 6.77. The topological polar surface area (TPSA) is 24.1 Å². The van der Waals surface area contributed by atoms with Crippen molar-refractivity contribution in [3.8, 4) is 0 Å². The van der Waals surface area contributed by atoms with E-state index in [0.717, 1.165) is 25.2 Å². The predicted octanol–water partition coefficient (Wildman–Crippen LogP) is 1.37. The van der Waals surface area contributed by atoms with Crippen LogP contribution >= 0.6 is 0 Å². The minimum atomic E-state index is -0.116. The Morgan fingerprint density at radius 3 is 2.86 bits per heavy atom. The second-order valence-corrected chi connectivity index (χ2v) is 3.72. The quantitative estimate of drug-likeness (QED) is 0.705. The Morgan fingerprint density at radius 1 is 1.36 bits per heavy atom. The Balaban J connectivity index is 2.18. The summed E-state index contributed by atoms with van der Waals surface area (Å²) in [5.41, 5.74) is 1.73. The smallest absolute Gasteiger partial charge is 0.126 e. The van der Waals surface area contributed by atoms with E-state index in [4.69, 9.17) is 0 Å². The highest BCUT2D eigenvalue weighted by atomic mass is 19.1. The molecule has 1 aliphatic rings. The van der Waals surface area contributed by atoms with Gasteiger partial charge in [-0.25, -0.2) is 4.39 Å². The van der Waals surface area contributed by atoms with E-state index >= 15 is 0 Å². The number of halogens is 1. The second-order valence-electron chi connectivity index (χ2n) is 3.72. The number of benzene rings is 1. The van der Waals surface area contributed by atoms with Crippen molar-refractivity contribution in [2.75, 3.05) is 19.6 Å². The van der Waals surface area contributed by atoms with Gasteiger partial charge in [-0.05, 0) is 24.1 Å². The molecule has 1 heterocycles. The number of nitrogens with one attached hydrogen (secondary N) is 2. The molecule has 0 aliphatic carbocycles. The van der Waals surface area contributed by atoms with E-state index in [1.165, 1.54) is 0 Å². The van der Waals surface area contributed by atoms with Crippen LogP contribution in [0.1, 0.15) is 17.2 Å². The number of rotatable bonds is 1. The van der Waals surface area contributed by atoms with Crippen molar-refractivity contribution in [2.24, 2.45) is 0 Å². The fourth-order valence-corrected chi connectivity index (χ4v) is 1.71. The summed E-state index contributed by atoms with van der Waals surface area (Å²) < 4.78 is 13.3. The second kappa shape index (κ2) is 4.07. The molecule has 76 valence electrons. The van der Waals surface area contributed by atoms with Crippen LogP contribution < -0.4 is 10.6 Å². The maximum atomic E-state index is 13.3. The monoisotopic (exact) mass is 194 g/mol. The Hall–Kier alpha value is -0.930. The van der Waals surface area contributed by atoms with Gasteiger partial charge in [0, 0.05) is 25.7 Å². The molecule has 1 fully saturated rings. The average molecular weight is 194 g/mol.